The highest BCUT2D eigenvalue weighted by molar-refractivity contribution is 5.75. The van der Waals surface area contributed by atoms with Gasteiger partial charge < -0.3 is 10.4 Å². The molecule has 19 heavy (non-hydrogen) atoms. The Balaban J connectivity index is 1.95. The van der Waals surface area contributed by atoms with Gasteiger partial charge in [0.2, 0.25) is 0 Å². The van der Waals surface area contributed by atoms with E-state index >= 15 is 0 Å². The summed E-state index contributed by atoms with van der Waals surface area (Å²) in [5, 5.41) is 16.4. The van der Waals surface area contributed by atoms with E-state index in [1.165, 1.54) is 0 Å². The zero-order valence-corrected chi connectivity index (χ0v) is 10.8. The smallest absolute Gasteiger partial charge is 0.325 e. The summed E-state index contributed by atoms with van der Waals surface area (Å²) in [6, 6.07) is 10.4. The first-order chi connectivity index (χ1) is 9.18. The van der Waals surface area contributed by atoms with Gasteiger partial charge in [-0.3, -0.25) is 9.48 Å². The predicted octanol–water partition coefficient (Wildman–Crippen LogP) is 1.38. The molecule has 0 saturated carbocycles. The highest BCUT2D eigenvalue weighted by Crippen LogP contribution is 2.12. The lowest BCUT2D eigenvalue weighted by molar-refractivity contribution is -0.139. The normalized spacial score (nSPS) is 12.3. The van der Waals surface area contributed by atoms with Crippen LogP contribution in [-0.4, -0.2) is 27.4 Å². The van der Waals surface area contributed by atoms with Crippen molar-refractivity contribution in [3.05, 3.63) is 53.9 Å². The van der Waals surface area contributed by atoms with Crippen LogP contribution in [0.2, 0.25) is 0 Å². The van der Waals surface area contributed by atoms with Gasteiger partial charge in [0.05, 0.1) is 0 Å². The number of rotatable bonds is 6. The number of benzene rings is 1. The van der Waals surface area contributed by atoms with Gasteiger partial charge in [-0.25, -0.2) is 0 Å². The Bertz CT molecular complexity index is 537. The van der Waals surface area contributed by atoms with Crippen LogP contribution in [0.25, 0.3) is 0 Å². The average Bonchev–Trinajstić information content (AvgIpc) is 2.81. The lowest BCUT2D eigenvalue weighted by atomic mass is 10.1. The second-order valence-electron chi connectivity index (χ2n) is 4.33. The van der Waals surface area contributed by atoms with Crippen molar-refractivity contribution < 1.29 is 9.90 Å². The summed E-state index contributed by atoms with van der Waals surface area (Å²) in [6.45, 7) is 0.589. The standard InChI is InChI=1S/C14H17N3O2/c1-17-12(8-10-16-17)7-9-15-13(14(18)19)11-5-3-2-4-6-11/h2-6,8,10,13,15H,7,9H2,1H3,(H,18,19). The fourth-order valence-electron chi connectivity index (χ4n) is 1.98. The van der Waals surface area contributed by atoms with E-state index in [-0.39, 0.29) is 0 Å². The quantitative estimate of drug-likeness (QED) is 0.822. The molecule has 0 saturated heterocycles. The van der Waals surface area contributed by atoms with Crippen LogP contribution in [0, 0.1) is 0 Å². The van der Waals surface area contributed by atoms with Crippen molar-refractivity contribution >= 4 is 5.97 Å². The number of carbonyl (C=O) groups is 1. The van der Waals surface area contributed by atoms with Gasteiger partial charge in [0.15, 0.2) is 0 Å². The van der Waals surface area contributed by atoms with E-state index in [4.69, 9.17) is 0 Å². The number of carboxylic acid groups (broad SMARTS) is 1. The summed E-state index contributed by atoms with van der Waals surface area (Å²) in [6.07, 6.45) is 2.48. The Morgan fingerprint density at radius 2 is 2.11 bits per heavy atom. The van der Waals surface area contributed by atoms with E-state index in [0.29, 0.717) is 6.54 Å². The number of aliphatic carboxylic acids is 1. The Kier molecular flexibility index (Phi) is 4.30. The Morgan fingerprint density at radius 1 is 1.37 bits per heavy atom. The number of carboxylic acids is 1. The molecule has 1 atom stereocenters. The first kappa shape index (κ1) is 13.3. The summed E-state index contributed by atoms with van der Waals surface area (Å²) < 4.78 is 1.79. The summed E-state index contributed by atoms with van der Waals surface area (Å²) in [5.74, 6) is -0.865. The molecule has 0 spiro atoms. The minimum absolute atomic E-state index is 0.589. The summed E-state index contributed by atoms with van der Waals surface area (Å²) in [5.41, 5.74) is 1.84. The van der Waals surface area contributed by atoms with E-state index in [0.717, 1.165) is 17.7 Å². The number of aromatic nitrogens is 2. The molecular formula is C14H17N3O2. The number of hydrogen-bond acceptors (Lipinski definition) is 3. The van der Waals surface area contributed by atoms with Crippen molar-refractivity contribution in [2.45, 2.75) is 12.5 Å². The molecule has 0 aliphatic rings. The van der Waals surface area contributed by atoms with Crippen LogP contribution in [0.3, 0.4) is 0 Å². The fourth-order valence-corrected chi connectivity index (χ4v) is 1.98. The monoisotopic (exact) mass is 259 g/mol. The topological polar surface area (TPSA) is 67.2 Å². The predicted molar refractivity (Wildman–Crippen MR) is 71.7 cm³/mol. The first-order valence-electron chi connectivity index (χ1n) is 6.16. The van der Waals surface area contributed by atoms with E-state index in [1.807, 2.05) is 43.4 Å². The zero-order chi connectivity index (χ0) is 13.7. The van der Waals surface area contributed by atoms with Gasteiger partial charge in [-0.2, -0.15) is 5.10 Å². The molecule has 0 aliphatic heterocycles. The molecule has 1 aromatic carbocycles. The summed E-state index contributed by atoms with van der Waals surface area (Å²) >= 11 is 0. The SMILES string of the molecule is Cn1nccc1CCNC(C(=O)O)c1ccccc1. The van der Waals surface area contributed by atoms with Crippen LogP contribution in [0.15, 0.2) is 42.6 Å². The molecule has 0 amide bonds. The van der Waals surface area contributed by atoms with Gasteiger partial charge in [-0.1, -0.05) is 30.3 Å². The van der Waals surface area contributed by atoms with E-state index in [2.05, 4.69) is 10.4 Å². The number of nitrogens with one attached hydrogen (secondary N) is 1. The largest absolute Gasteiger partial charge is 0.480 e. The average molecular weight is 259 g/mol. The molecule has 0 fully saturated rings. The molecule has 2 aromatic rings. The van der Waals surface area contributed by atoms with Gasteiger partial charge >= 0.3 is 5.97 Å². The van der Waals surface area contributed by atoms with Gasteiger partial charge in [-0.15, -0.1) is 0 Å². The minimum atomic E-state index is -0.865. The van der Waals surface area contributed by atoms with Crippen LogP contribution in [0.5, 0.6) is 0 Å². The van der Waals surface area contributed by atoms with Crippen LogP contribution in [0.4, 0.5) is 0 Å². The number of nitrogens with zero attached hydrogens (tertiary/aromatic N) is 2. The van der Waals surface area contributed by atoms with Crippen molar-refractivity contribution in [3.63, 3.8) is 0 Å². The van der Waals surface area contributed by atoms with Crippen molar-refractivity contribution in [1.29, 1.82) is 0 Å². The summed E-state index contributed by atoms with van der Waals surface area (Å²) in [7, 11) is 1.88. The minimum Gasteiger partial charge on any atom is -0.480 e. The molecule has 100 valence electrons. The Labute approximate surface area is 111 Å². The van der Waals surface area contributed by atoms with E-state index in [1.54, 1.807) is 10.9 Å². The van der Waals surface area contributed by atoms with Crippen molar-refractivity contribution in [2.75, 3.05) is 6.54 Å². The molecule has 1 aromatic heterocycles. The van der Waals surface area contributed by atoms with Gasteiger partial charge in [-0.05, 0) is 11.6 Å². The highest BCUT2D eigenvalue weighted by Gasteiger charge is 2.18. The molecule has 0 aliphatic carbocycles. The second kappa shape index (κ2) is 6.15. The van der Waals surface area contributed by atoms with Gasteiger partial charge in [0, 0.05) is 31.9 Å². The Morgan fingerprint density at radius 3 is 2.68 bits per heavy atom. The molecule has 0 radical (unpaired) electrons. The van der Waals surface area contributed by atoms with Crippen LogP contribution in [-0.2, 0) is 18.3 Å². The lowest BCUT2D eigenvalue weighted by Gasteiger charge is -2.14. The van der Waals surface area contributed by atoms with E-state index < -0.39 is 12.0 Å². The lowest BCUT2D eigenvalue weighted by Crippen LogP contribution is -2.30. The van der Waals surface area contributed by atoms with Crippen molar-refractivity contribution in [3.8, 4) is 0 Å². The van der Waals surface area contributed by atoms with Crippen molar-refractivity contribution in [2.24, 2.45) is 7.05 Å². The van der Waals surface area contributed by atoms with Crippen LogP contribution >= 0.6 is 0 Å². The van der Waals surface area contributed by atoms with Gasteiger partial charge in [0.1, 0.15) is 6.04 Å². The molecular weight excluding hydrogens is 242 g/mol. The molecule has 1 heterocycles. The maximum absolute atomic E-state index is 11.3. The third-order valence-electron chi connectivity index (χ3n) is 3.03. The maximum Gasteiger partial charge on any atom is 0.325 e. The number of hydrogen-bond donors (Lipinski definition) is 2. The van der Waals surface area contributed by atoms with Crippen LogP contribution < -0.4 is 5.32 Å². The maximum atomic E-state index is 11.3. The van der Waals surface area contributed by atoms with E-state index in [9.17, 15) is 9.90 Å². The third-order valence-corrected chi connectivity index (χ3v) is 3.03. The van der Waals surface area contributed by atoms with Crippen molar-refractivity contribution in [1.82, 2.24) is 15.1 Å². The molecule has 5 heteroatoms. The number of aryl methyl sites for hydroxylation is 1. The molecule has 5 nitrogen and oxygen atoms in total. The highest BCUT2D eigenvalue weighted by atomic mass is 16.4. The zero-order valence-electron chi connectivity index (χ0n) is 10.8. The van der Waals surface area contributed by atoms with Crippen LogP contribution in [0.1, 0.15) is 17.3 Å². The fraction of sp³-hybridized carbons (Fsp3) is 0.286. The third kappa shape index (κ3) is 3.42. The Hall–Kier alpha value is -2.14. The first-order valence-corrected chi connectivity index (χ1v) is 6.16. The second-order valence-corrected chi connectivity index (χ2v) is 4.33. The molecule has 1 unspecified atom stereocenters. The molecule has 2 rings (SSSR count). The summed E-state index contributed by atoms with van der Waals surface area (Å²) in [4.78, 5) is 11.3. The molecule has 0 bridgehead atoms. The molecule has 2 N–H and O–H groups in total. The van der Waals surface area contributed by atoms with Gasteiger partial charge in [0.25, 0.3) is 0 Å².